The first-order chi connectivity index (χ1) is 59.8. The normalized spacial score (nSPS) is 12.8. The number of alkyl halides is 6. The van der Waals surface area contributed by atoms with E-state index in [1.54, 1.807) is 26.8 Å². The Kier molecular flexibility index (Phi) is 45.4. The van der Waals surface area contributed by atoms with Gasteiger partial charge in [0.15, 0.2) is 11.2 Å². The molecule has 0 fully saturated rings. The molecule has 1 aromatic heterocycles. The zero-order valence-corrected chi connectivity index (χ0v) is 89.9. The van der Waals surface area contributed by atoms with Gasteiger partial charge in [-0.15, -0.1) is 12.1 Å². The number of phenolic OH excluding ortho intramolecular Hbond substituents is 1. The fourth-order valence-corrected chi connectivity index (χ4v) is 20.4. The molecule has 0 spiro atoms. The second-order valence-corrected chi connectivity index (χ2v) is 44.3. The number of nitrogens with zero attached hydrogens (tertiary/aromatic N) is 5. The molecule has 0 saturated heterocycles. The van der Waals surface area contributed by atoms with Gasteiger partial charge in [-0.3, -0.25) is 0 Å². The van der Waals surface area contributed by atoms with E-state index in [4.69, 9.17) is 25.8 Å². The van der Waals surface area contributed by atoms with Gasteiger partial charge in [-0.05, 0) is 101 Å². The third-order valence-electron chi connectivity index (χ3n) is 20.8. The summed E-state index contributed by atoms with van der Waals surface area (Å²) in [6, 6.07) is 81.4. The molecule has 0 aliphatic carbocycles. The van der Waals surface area contributed by atoms with Crippen LogP contribution in [-0.4, -0.2) is 68.8 Å². The number of fused-ring (bicyclic) bond motifs is 2. The van der Waals surface area contributed by atoms with E-state index in [0.29, 0.717) is 75.0 Å². The number of rotatable bonds is 16. The molecule has 129 heavy (non-hydrogen) atoms. The van der Waals surface area contributed by atoms with Crippen LogP contribution in [0.3, 0.4) is 0 Å². The molecule has 0 radical (unpaired) electrons. The summed E-state index contributed by atoms with van der Waals surface area (Å²) in [5.41, 5.74) is 17.8. The number of hydrogen-bond acceptors (Lipinski definition) is 7. The molecule has 1 aliphatic rings. The van der Waals surface area contributed by atoms with Crippen LogP contribution in [0.2, 0.25) is 0 Å². The second-order valence-electron chi connectivity index (χ2n) is 38.2. The summed E-state index contributed by atoms with van der Waals surface area (Å²) in [5, 5.41) is 44.0. The van der Waals surface area contributed by atoms with Gasteiger partial charge in [-0.25, -0.2) is 0 Å². The Balaban J connectivity index is 0.000000320. The third-order valence-corrected chi connectivity index (χ3v) is 30.3. The predicted molar refractivity (Wildman–Crippen MR) is 527 cm³/mol. The fourth-order valence-electron chi connectivity index (χ4n) is 13.0. The Morgan fingerprint density at radius 2 is 0.667 bits per heavy atom. The number of allylic oxidation sites excluding steroid dienone is 1. The van der Waals surface area contributed by atoms with Crippen LogP contribution in [0.1, 0.15) is 296 Å². The molecule has 18 heteroatoms. The monoisotopic (exact) mass is 2190 g/mol. The van der Waals surface area contributed by atoms with Crippen molar-refractivity contribution in [1.82, 2.24) is 4.98 Å². The van der Waals surface area contributed by atoms with Crippen molar-refractivity contribution >= 4 is 51.8 Å². The van der Waals surface area contributed by atoms with Crippen LogP contribution in [0.5, 0.6) is 5.75 Å². The van der Waals surface area contributed by atoms with Crippen LogP contribution in [0.4, 0.5) is 43.4 Å². The van der Waals surface area contributed by atoms with Crippen LogP contribution < -0.4 is 4.98 Å². The molecule has 10 aromatic carbocycles. The molecule has 12 rings (SSSR count). The third kappa shape index (κ3) is 38.2. The molecule has 0 amide bonds. The van der Waals surface area contributed by atoms with Crippen molar-refractivity contribution in [3.05, 3.63) is 315 Å². The van der Waals surface area contributed by atoms with Crippen LogP contribution in [-0.2, 0) is 70.0 Å². The Labute approximate surface area is 794 Å². The van der Waals surface area contributed by atoms with Gasteiger partial charge in [0, 0.05) is 5.39 Å². The van der Waals surface area contributed by atoms with Crippen molar-refractivity contribution in [2.45, 2.75) is 301 Å². The molecule has 4 N–H and O–H groups in total. The average molecular weight is 2190 g/mol. The van der Waals surface area contributed by atoms with Gasteiger partial charge < -0.3 is 30.7 Å². The Morgan fingerprint density at radius 1 is 0.380 bits per heavy atom. The van der Waals surface area contributed by atoms with E-state index < -0.39 is 82.9 Å². The Morgan fingerprint density at radius 3 is 0.946 bits per heavy atom. The largest absolute Gasteiger partial charge is 0.686 e. The van der Waals surface area contributed by atoms with Crippen LogP contribution in [0.25, 0.3) is 38.0 Å². The molecule has 0 unspecified atom stereocenters. The molecule has 0 bridgehead atoms. The molecule has 0 saturated carbocycles. The summed E-state index contributed by atoms with van der Waals surface area (Å²) in [6.07, 6.45) is -5.70. The minimum atomic E-state index is -4.51. The quantitative estimate of drug-likeness (QED) is 0.0562. The van der Waals surface area contributed by atoms with Gasteiger partial charge in [-0.2, -0.15) is 43.4 Å². The number of benzene rings is 10. The molecule has 9 nitrogen and oxygen atoms in total. The van der Waals surface area contributed by atoms with E-state index >= 15 is 0 Å². The van der Waals surface area contributed by atoms with Crippen molar-refractivity contribution in [1.29, 1.82) is 0 Å². The summed E-state index contributed by atoms with van der Waals surface area (Å²) in [6.45, 7) is 59.3. The summed E-state index contributed by atoms with van der Waals surface area (Å²) in [7, 11) is 0. The summed E-state index contributed by atoms with van der Waals surface area (Å²) >= 11 is -2.39. The first-order valence-electron chi connectivity index (χ1n) is 44.4. The van der Waals surface area contributed by atoms with Crippen molar-refractivity contribution in [3.8, 4) is 16.9 Å². The average Bonchev–Trinajstić information content (AvgIpc) is 0.942. The number of hydrogen-bond donors (Lipinski definition) is 4. The standard InChI is InChI=1S/C21H16O.3C12H17N.3C10H12.C6H10N.C6H8N.2C4H7F3O.C4H10O.Mo.2W/c1-14-6-2-7-15-8-3-11-17(20(14)15)18-12-4-9-16-10-5-13-19(22)21(16)18;3*1-8(2)10-6-5-7-11(9(3)4)12(10)13;3*1-10(2,3)9-7-5-4-6-8-9;2*1-5-3-4-6(2)7-5;2*1-3(2,8)4(5,6)7;1-4(2,3)5;;;/h2-13,22H,1H3;3*5-9H,1-4H3;3*1,4-8H,2-3H3;3,6H,4H2,1-2H3;3-4H,1-2H3;2*8H,1-2H3;5H,1-3H3;;;/q;;;;;;;2*-1;;;;;;/t;;;;;;;6-;;;;;;;/m.......1......./s1. The minimum absolute atomic E-state index is 0.0811. The van der Waals surface area contributed by atoms with Crippen LogP contribution in [0, 0.1) is 20.8 Å². The van der Waals surface area contributed by atoms with E-state index in [2.05, 4.69) is 356 Å². The number of aliphatic hydroxyl groups is 3. The number of halogens is 6. The van der Waals surface area contributed by atoms with E-state index in [9.17, 15) is 31.4 Å². The number of aromatic nitrogens is 1. The van der Waals surface area contributed by atoms with Gasteiger partial charge in [-0.1, -0.05) is 107 Å². The predicted octanol–water partition coefficient (Wildman–Crippen LogP) is 32.2. The molecular weight excluding hydrogens is 2040 g/mol. The smallest absolute Gasteiger partial charge is 0.124 e. The summed E-state index contributed by atoms with van der Waals surface area (Å²) in [5.74, 6) is 3.42. The van der Waals surface area contributed by atoms with Crippen molar-refractivity contribution < 1.29 is 101 Å². The summed E-state index contributed by atoms with van der Waals surface area (Å²) < 4.78 is 90.8. The maximum Gasteiger partial charge on any atom is 0.124 e. The number of phenols is 1. The van der Waals surface area contributed by atoms with Gasteiger partial charge in [0.05, 0.1) is 5.60 Å². The Hall–Kier alpha value is -8.13. The molecule has 1 atom stereocenters. The second kappa shape index (κ2) is 51.8. The first kappa shape index (κ1) is 113. The Bertz CT molecular complexity index is 4980. The molecule has 11 aromatic rings. The summed E-state index contributed by atoms with van der Waals surface area (Å²) in [4.78, 5) is 4.11. The van der Waals surface area contributed by atoms with Crippen LogP contribution in [0.15, 0.2) is 253 Å². The fraction of sp³-hybridized carbons (Fsp3) is 0.414. The maximum absolute atomic E-state index is 11.3. The molecule has 1 aliphatic heterocycles. The molecule has 700 valence electrons. The minimum Gasteiger partial charge on any atom is -0.686 e. The molecule has 2 heterocycles. The van der Waals surface area contributed by atoms with E-state index in [1.165, 1.54) is 94.7 Å². The van der Waals surface area contributed by atoms with E-state index in [0.717, 1.165) is 34.1 Å². The zero-order chi connectivity index (χ0) is 97.4. The number of aromatic hydroxyl groups is 1. The van der Waals surface area contributed by atoms with E-state index in [1.807, 2.05) is 57.2 Å². The van der Waals surface area contributed by atoms with Crippen molar-refractivity contribution in [3.63, 3.8) is 0 Å². The van der Waals surface area contributed by atoms with Crippen molar-refractivity contribution in [2.75, 3.05) is 0 Å². The first-order valence-corrected chi connectivity index (χ1v) is 52.5. The van der Waals surface area contributed by atoms with Gasteiger partial charge >= 0.3 is 479 Å². The number of aryl methyl sites for hydroxylation is 3. The van der Waals surface area contributed by atoms with E-state index in [-0.39, 0.29) is 16.2 Å². The zero-order valence-electron chi connectivity index (χ0n) is 82.0. The maximum atomic E-state index is 11.3. The molecular formula is C111H145F6MoN5O4W2-2. The van der Waals surface area contributed by atoms with Gasteiger partial charge in [0.25, 0.3) is 0 Å². The van der Waals surface area contributed by atoms with Crippen molar-refractivity contribution in [2.24, 2.45) is 10.5 Å². The van der Waals surface area contributed by atoms with Gasteiger partial charge in [0.1, 0.15) is 5.75 Å². The van der Waals surface area contributed by atoms with Gasteiger partial charge in [0.2, 0.25) is 0 Å². The van der Waals surface area contributed by atoms with Crippen LogP contribution >= 0.6 is 0 Å². The SMILES string of the molecule is CC(C)(C)O.CC(C)(O)C(F)(F)F.CC(C)(O)C(F)(F)F.CC(C)c1cccc(C(C)C)c1[N]=[Mo]=[CH]C(C)(C)c1ccccc1.CC(C)c1cccc(C(C)C)c1[N]=[W]=[CH]C(C)(C)c1ccccc1.CC(C)c1cccc(C(C)C)c1[N]=[W]=[CH]C(C)(C)c1ccccc1.CC1=CC[C@@H](C)[N-]1.Cc1ccc(C)[n-]1.Cc1cccc2cccc(-c3cccc4cccc(O)c34)c12. The topological polar surface area (TPSA) is 146 Å².